The van der Waals surface area contributed by atoms with Crippen LogP contribution in [0.5, 0.6) is 0 Å². The molecule has 3 unspecified atom stereocenters. The van der Waals surface area contributed by atoms with Gasteiger partial charge < -0.3 is 0 Å². The van der Waals surface area contributed by atoms with Crippen molar-refractivity contribution in [2.45, 2.75) is 38.5 Å². The number of rotatable bonds is 0. The second kappa shape index (κ2) is 1.91. The van der Waals surface area contributed by atoms with Crippen LogP contribution in [-0.4, -0.2) is 0 Å². The average Bonchev–Trinajstić information content (AvgIpc) is 2.56. The molecular weight excluding hydrogens is 132 g/mol. The molecule has 0 radical (unpaired) electrons. The highest BCUT2D eigenvalue weighted by Crippen LogP contribution is 2.74. The van der Waals surface area contributed by atoms with Gasteiger partial charge in [-0.15, -0.1) is 0 Å². The highest BCUT2D eigenvalue weighted by atomic mass is 14.7. The smallest absolute Gasteiger partial charge is 0.0258 e. The van der Waals surface area contributed by atoms with E-state index in [-0.39, 0.29) is 0 Å². The third-order valence-corrected chi connectivity index (χ3v) is 4.17. The first kappa shape index (κ1) is 6.28. The van der Waals surface area contributed by atoms with Crippen molar-refractivity contribution in [3.8, 4) is 0 Å². The predicted octanol–water partition coefficient (Wildman–Crippen LogP) is 3.14. The molecule has 4 rings (SSSR count). The van der Waals surface area contributed by atoms with E-state index in [1.807, 2.05) is 0 Å². The van der Waals surface area contributed by atoms with Gasteiger partial charge in [0.15, 0.2) is 0 Å². The Hall–Kier alpha value is -0.260. The van der Waals surface area contributed by atoms with Crippen LogP contribution < -0.4 is 0 Å². The Labute approximate surface area is 68.7 Å². The molecule has 0 aromatic heterocycles. The molecule has 60 valence electrons. The second-order valence-electron chi connectivity index (χ2n) is 4.72. The lowest BCUT2D eigenvalue weighted by molar-refractivity contribution is 0.161. The normalized spacial score (nSPS) is 56.0. The first-order valence-electron chi connectivity index (χ1n) is 5.06. The highest BCUT2D eigenvalue weighted by molar-refractivity contribution is 5.16. The Morgan fingerprint density at radius 2 is 2.00 bits per heavy atom. The van der Waals surface area contributed by atoms with Crippen LogP contribution in [0.2, 0.25) is 0 Å². The van der Waals surface area contributed by atoms with Crippen molar-refractivity contribution in [2.75, 3.05) is 0 Å². The van der Waals surface area contributed by atoms with Crippen LogP contribution >= 0.6 is 0 Å². The fraction of sp³-hybridized carbons (Fsp3) is 0.818. The molecule has 2 saturated carbocycles. The highest BCUT2D eigenvalue weighted by Gasteiger charge is 2.65. The molecule has 2 fully saturated rings. The molecule has 0 nitrogen and oxygen atoms in total. The molecule has 0 heteroatoms. The number of allylic oxidation sites excluding steroid dienone is 2. The van der Waals surface area contributed by atoms with Gasteiger partial charge in [-0.1, -0.05) is 12.2 Å². The summed E-state index contributed by atoms with van der Waals surface area (Å²) in [6.07, 6.45) is 13.7. The van der Waals surface area contributed by atoms with Crippen LogP contribution in [0.1, 0.15) is 38.5 Å². The zero-order chi connectivity index (χ0) is 7.31. The Morgan fingerprint density at radius 3 is 2.91 bits per heavy atom. The lowest BCUT2D eigenvalue weighted by Crippen LogP contribution is -2.25. The monoisotopic (exact) mass is 148 g/mol. The van der Waals surface area contributed by atoms with Crippen LogP contribution in [0.3, 0.4) is 0 Å². The fourth-order valence-electron chi connectivity index (χ4n) is 3.39. The summed E-state index contributed by atoms with van der Waals surface area (Å²) in [6.45, 7) is 0. The summed E-state index contributed by atoms with van der Waals surface area (Å²) in [5.41, 5.74) is 0.902. The van der Waals surface area contributed by atoms with Gasteiger partial charge in [0.05, 0.1) is 0 Å². The van der Waals surface area contributed by atoms with Gasteiger partial charge in [-0.05, 0) is 55.8 Å². The Bertz CT molecular complexity index is 204. The summed E-state index contributed by atoms with van der Waals surface area (Å²) in [7, 11) is 0. The van der Waals surface area contributed by atoms with Crippen LogP contribution in [0.25, 0.3) is 0 Å². The Morgan fingerprint density at radius 1 is 1.09 bits per heavy atom. The first-order chi connectivity index (χ1) is 5.41. The van der Waals surface area contributed by atoms with Crippen LogP contribution in [-0.2, 0) is 0 Å². The van der Waals surface area contributed by atoms with E-state index in [4.69, 9.17) is 0 Å². The van der Waals surface area contributed by atoms with Crippen LogP contribution in [0.15, 0.2) is 12.2 Å². The van der Waals surface area contributed by atoms with Gasteiger partial charge in [-0.3, -0.25) is 0 Å². The van der Waals surface area contributed by atoms with Gasteiger partial charge in [0, 0.05) is 0 Å². The zero-order valence-corrected chi connectivity index (χ0v) is 7.05. The van der Waals surface area contributed by atoms with Gasteiger partial charge in [0.1, 0.15) is 0 Å². The fourth-order valence-corrected chi connectivity index (χ4v) is 3.39. The SMILES string of the molecule is C1=C\CCC23CC(CC/1)C2C3. The minimum atomic E-state index is 0.902. The summed E-state index contributed by atoms with van der Waals surface area (Å²) >= 11 is 0. The summed E-state index contributed by atoms with van der Waals surface area (Å²) in [6, 6.07) is 0. The molecule has 11 heavy (non-hydrogen) atoms. The largest absolute Gasteiger partial charge is 0.0885 e. The zero-order valence-electron chi connectivity index (χ0n) is 7.05. The minimum Gasteiger partial charge on any atom is -0.0885 e. The summed E-state index contributed by atoms with van der Waals surface area (Å²) < 4.78 is 0. The molecule has 0 aromatic rings. The van der Waals surface area contributed by atoms with Gasteiger partial charge in [0.25, 0.3) is 0 Å². The maximum atomic E-state index is 2.41. The minimum absolute atomic E-state index is 0.902. The van der Waals surface area contributed by atoms with E-state index < -0.39 is 0 Å². The second-order valence-corrected chi connectivity index (χ2v) is 4.72. The Kier molecular flexibility index (Phi) is 1.09. The van der Waals surface area contributed by atoms with E-state index >= 15 is 0 Å². The van der Waals surface area contributed by atoms with Crippen LogP contribution in [0.4, 0.5) is 0 Å². The quantitative estimate of drug-likeness (QED) is 0.463. The number of hydrogen-bond donors (Lipinski definition) is 0. The molecule has 0 saturated heterocycles. The van der Waals surface area contributed by atoms with Gasteiger partial charge in [-0.2, -0.15) is 0 Å². The molecule has 3 atom stereocenters. The van der Waals surface area contributed by atoms with E-state index in [1.165, 1.54) is 31.6 Å². The molecule has 0 aromatic carbocycles. The number of hydrogen-bond acceptors (Lipinski definition) is 0. The molecule has 1 spiro atoms. The molecule has 0 N–H and O–H groups in total. The first-order valence-corrected chi connectivity index (χ1v) is 5.06. The van der Waals surface area contributed by atoms with E-state index in [9.17, 15) is 0 Å². The predicted molar refractivity (Wildman–Crippen MR) is 46.3 cm³/mol. The van der Waals surface area contributed by atoms with Crippen molar-refractivity contribution in [2.24, 2.45) is 17.3 Å². The third kappa shape index (κ3) is 0.758. The van der Waals surface area contributed by atoms with Crippen LogP contribution in [0, 0.1) is 17.3 Å². The third-order valence-electron chi connectivity index (χ3n) is 4.17. The van der Waals surface area contributed by atoms with Crippen molar-refractivity contribution < 1.29 is 0 Å². The standard InChI is InChI=1S/C11H16/c1-2-4-6-11-7-9(5-3-1)10(11)8-11/h1-2,9-10H,3-8H2/b2-1-. The van der Waals surface area contributed by atoms with Gasteiger partial charge in [0.2, 0.25) is 0 Å². The van der Waals surface area contributed by atoms with Crippen molar-refractivity contribution in [3.05, 3.63) is 12.2 Å². The summed E-state index contributed by atoms with van der Waals surface area (Å²) in [4.78, 5) is 0. The Balaban J connectivity index is 1.77. The van der Waals surface area contributed by atoms with Crippen molar-refractivity contribution >= 4 is 0 Å². The van der Waals surface area contributed by atoms with E-state index in [1.54, 1.807) is 12.8 Å². The van der Waals surface area contributed by atoms with Crippen molar-refractivity contribution in [1.82, 2.24) is 0 Å². The average molecular weight is 148 g/mol. The lowest BCUT2D eigenvalue weighted by Gasteiger charge is -2.34. The molecule has 4 aliphatic rings. The molecule has 4 aliphatic carbocycles. The van der Waals surface area contributed by atoms with E-state index in [2.05, 4.69) is 12.2 Å². The molecule has 2 bridgehead atoms. The topological polar surface area (TPSA) is 0 Å². The molecule has 0 heterocycles. The summed E-state index contributed by atoms with van der Waals surface area (Å²) in [5, 5.41) is 0. The molecular formula is C11H16. The number of fused-ring (bicyclic) bond motifs is 4. The van der Waals surface area contributed by atoms with Gasteiger partial charge >= 0.3 is 0 Å². The van der Waals surface area contributed by atoms with Crippen molar-refractivity contribution in [1.29, 1.82) is 0 Å². The summed E-state index contributed by atoms with van der Waals surface area (Å²) in [5.74, 6) is 2.32. The van der Waals surface area contributed by atoms with Crippen molar-refractivity contribution in [3.63, 3.8) is 0 Å². The molecule has 0 aliphatic heterocycles. The maximum absolute atomic E-state index is 2.41. The maximum Gasteiger partial charge on any atom is -0.0258 e. The molecule has 0 amide bonds. The van der Waals surface area contributed by atoms with E-state index in [0.717, 1.165) is 11.3 Å². The lowest BCUT2D eigenvalue weighted by atomic mass is 9.71. The van der Waals surface area contributed by atoms with Gasteiger partial charge in [-0.25, -0.2) is 0 Å². The van der Waals surface area contributed by atoms with E-state index in [0.29, 0.717) is 0 Å².